The lowest BCUT2D eigenvalue weighted by molar-refractivity contribution is 0.392. The predicted molar refractivity (Wildman–Crippen MR) is 70.8 cm³/mol. The summed E-state index contributed by atoms with van der Waals surface area (Å²) in [4.78, 5) is -0.288. The molecule has 2 aromatic rings. The van der Waals surface area contributed by atoms with Crippen LogP contribution in [0.3, 0.4) is 0 Å². The molecule has 0 amide bonds. The lowest BCUT2D eigenvalue weighted by Gasteiger charge is -2.09. The van der Waals surface area contributed by atoms with Crippen molar-refractivity contribution in [1.29, 1.82) is 0 Å². The number of sulfonamides is 1. The normalized spacial score (nSPS) is 11.8. The van der Waals surface area contributed by atoms with Crippen molar-refractivity contribution < 1.29 is 17.3 Å². The molecule has 0 atom stereocenters. The van der Waals surface area contributed by atoms with E-state index in [-0.39, 0.29) is 17.1 Å². The zero-order valence-corrected chi connectivity index (χ0v) is 11.8. The third-order valence-corrected chi connectivity index (χ3v) is 4.34. The van der Waals surface area contributed by atoms with Gasteiger partial charge in [0.1, 0.15) is 16.5 Å². The third kappa shape index (κ3) is 2.81. The molecule has 0 saturated carbocycles. The van der Waals surface area contributed by atoms with E-state index in [1.54, 1.807) is 13.8 Å². The Balaban J connectivity index is 2.26. The average molecular weight is 299 g/mol. The molecule has 0 spiro atoms. The number of aromatic nitrogens is 1. The van der Waals surface area contributed by atoms with E-state index in [1.165, 1.54) is 6.07 Å². The molecular formula is C12H14FN3O3S. The van der Waals surface area contributed by atoms with Crippen LogP contribution in [0.1, 0.15) is 17.0 Å². The summed E-state index contributed by atoms with van der Waals surface area (Å²) in [6, 6.07) is 3.19. The fraction of sp³-hybridized carbons (Fsp3) is 0.250. The van der Waals surface area contributed by atoms with Crippen molar-refractivity contribution in [1.82, 2.24) is 9.88 Å². The molecule has 1 heterocycles. The molecule has 0 unspecified atom stereocenters. The van der Waals surface area contributed by atoms with Gasteiger partial charge in [-0.3, -0.25) is 0 Å². The maximum Gasteiger partial charge on any atom is 0.243 e. The fourth-order valence-corrected chi connectivity index (χ4v) is 2.88. The maximum atomic E-state index is 13.1. The number of nitrogens with zero attached hydrogens (tertiary/aromatic N) is 1. The van der Waals surface area contributed by atoms with Crippen LogP contribution in [0.5, 0.6) is 0 Å². The van der Waals surface area contributed by atoms with Crippen LogP contribution in [0.25, 0.3) is 0 Å². The number of nitrogens with one attached hydrogen (secondary N) is 1. The molecule has 0 fully saturated rings. The molecule has 0 aliphatic carbocycles. The van der Waals surface area contributed by atoms with Crippen molar-refractivity contribution in [3.05, 3.63) is 41.0 Å². The summed E-state index contributed by atoms with van der Waals surface area (Å²) < 4.78 is 44.7. The van der Waals surface area contributed by atoms with Gasteiger partial charge in [0, 0.05) is 12.1 Å². The molecule has 20 heavy (non-hydrogen) atoms. The van der Waals surface area contributed by atoms with E-state index in [9.17, 15) is 12.8 Å². The van der Waals surface area contributed by atoms with Crippen molar-refractivity contribution in [2.24, 2.45) is 0 Å². The number of nitrogens with two attached hydrogens (primary N) is 1. The highest BCUT2D eigenvalue weighted by molar-refractivity contribution is 7.89. The van der Waals surface area contributed by atoms with Crippen LogP contribution < -0.4 is 10.5 Å². The number of aryl methyl sites for hydroxylation is 2. The van der Waals surface area contributed by atoms with Crippen molar-refractivity contribution in [3.8, 4) is 0 Å². The summed E-state index contributed by atoms with van der Waals surface area (Å²) in [5.74, 6) is -0.144. The van der Waals surface area contributed by atoms with Crippen molar-refractivity contribution in [2.45, 2.75) is 25.3 Å². The van der Waals surface area contributed by atoms with Crippen LogP contribution >= 0.6 is 0 Å². The van der Waals surface area contributed by atoms with Gasteiger partial charge >= 0.3 is 0 Å². The van der Waals surface area contributed by atoms with Crippen LogP contribution in [0.4, 0.5) is 10.1 Å². The molecule has 2 rings (SSSR count). The standard InChI is InChI=1S/C12H14FN3O3S/c1-7-10(8(2)19-16-7)6-15-20(17,18)12-5-9(13)3-4-11(12)14/h3-5,15H,6,14H2,1-2H3. The first-order valence-corrected chi connectivity index (χ1v) is 7.26. The Kier molecular flexibility index (Phi) is 3.78. The number of nitrogen functional groups attached to an aromatic ring is 1. The highest BCUT2D eigenvalue weighted by Gasteiger charge is 2.19. The van der Waals surface area contributed by atoms with E-state index in [2.05, 4.69) is 9.88 Å². The molecule has 6 nitrogen and oxygen atoms in total. The van der Waals surface area contributed by atoms with Crippen LogP contribution in [0.2, 0.25) is 0 Å². The van der Waals surface area contributed by atoms with Gasteiger partial charge in [0.25, 0.3) is 0 Å². The summed E-state index contributed by atoms with van der Waals surface area (Å²) >= 11 is 0. The van der Waals surface area contributed by atoms with Crippen molar-refractivity contribution >= 4 is 15.7 Å². The van der Waals surface area contributed by atoms with E-state index in [0.29, 0.717) is 17.0 Å². The second-order valence-corrected chi connectivity index (χ2v) is 6.04. The number of hydrogen-bond acceptors (Lipinski definition) is 5. The Bertz CT molecular complexity index is 721. The van der Waals surface area contributed by atoms with Crippen LogP contribution in [0.15, 0.2) is 27.6 Å². The zero-order chi connectivity index (χ0) is 14.9. The zero-order valence-electron chi connectivity index (χ0n) is 11.0. The summed E-state index contributed by atoms with van der Waals surface area (Å²) in [6.45, 7) is 3.39. The van der Waals surface area contributed by atoms with E-state index < -0.39 is 15.8 Å². The SMILES string of the molecule is Cc1noc(C)c1CNS(=O)(=O)c1cc(F)ccc1N. The van der Waals surface area contributed by atoms with E-state index in [1.807, 2.05) is 0 Å². The number of anilines is 1. The Morgan fingerprint density at radius 1 is 1.40 bits per heavy atom. The summed E-state index contributed by atoms with van der Waals surface area (Å²) in [7, 11) is -3.91. The second-order valence-electron chi connectivity index (χ2n) is 4.31. The minimum atomic E-state index is -3.91. The monoisotopic (exact) mass is 299 g/mol. The van der Waals surface area contributed by atoms with E-state index in [4.69, 9.17) is 10.3 Å². The predicted octanol–water partition coefficient (Wildman–Crippen LogP) is 1.49. The van der Waals surface area contributed by atoms with Gasteiger partial charge in [-0.15, -0.1) is 0 Å². The van der Waals surface area contributed by atoms with Gasteiger partial charge < -0.3 is 10.3 Å². The molecular weight excluding hydrogens is 285 g/mol. The number of benzene rings is 1. The Morgan fingerprint density at radius 2 is 2.10 bits per heavy atom. The van der Waals surface area contributed by atoms with Crippen LogP contribution in [0, 0.1) is 19.7 Å². The molecule has 0 aliphatic heterocycles. The largest absolute Gasteiger partial charge is 0.398 e. The summed E-state index contributed by atoms with van der Waals surface area (Å²) in [6.07, 6.45) is 0. The molecule has 0 bridgehead atoms. The fourth-order valence-electron chi connectivity index (χ4n) is 1.74. The van der Waals surface area contributed by atoms with Gasteiger partial charge in [0.2, 0.25) is 10.0 Å². The number of halogens is 1. The second kappa shape index (κ2) is 5.22. The molecule has 8 heteroatoms. The van der Waals surface area contributed by atoms with Crippen molar-refractivity contribution in [3.63, 3.8) is 0 Å². The highest BCUT2D eigenvalue weighted by atomic mass is 32.2. The molecule has 108 valence electrons. The van der Waals surface area contributed by atoms with E-state index in [0.717, 1.165) is 12.1 Å². The molecule has 1 aromatic heterocycles. The molecule has 3 N–H and O–H groups in total. The van der Waals surface area contributed by atoms with Gasteiger partial charge in [0.05, 0.1) is 11.4 Å². The maximum absolute atomic E-state index is 13.1. The topological polar surface area (TPSA) is 98.2 Å². The quantitative estimate of drug-likeness (QED) is 0.833. The van der Waals surface area contributed by atoms with E-state index >= 15 is 0 Å². The van der Waals surface area contributed by atoms with Gasteiger partial charge in [0.15, 0.2) is 0 Å². The van der Waals surface area contributed by atoms with Crippen LogP contribution in [-0.2, 0) is 16.6 Å². The molecule has 0 saturated heterocycles. The van der Waals surface area contributed by atoms with Gasteiger partial charge in [-0.25, -0.2) is 17.5 Å². The van der Waals surface area contributed by atoms with Gasteiger partial charge in [-0.2, -0.15) is 0 Å². The first-order valence-electron chi connectivity index (χ1n) is 5.77. The Hall–Kier alpha value is -1.93. The third-order valence-electron chi connectivity index (χ3n) is 2.89. The summed E-state index contributed by atoms with van der Waals surface area (Å²) in [5, 5.41) is 3.73. The Labute approximate surface area is 115 Å². The Morgan fingerprint density at radius 3 is 2.70 bits per heavy atom. The smallest absolute Gasteiger partial charge is 0.243 e. The van der Waals surface area contributed by atoms with Crippen molar-refractivity contribution in [2.75, 3.05) is 5.73 Å². The average Bonchev–Trinajstić information content (AvgIpc) is 2.69. The first kappa shape index (κ1) is 14.5. The minimum absolute atomic E-state index is 0.000542. The molecule has 0 radical (unpaired) electrons. The van der Waals surface area contributed by atoms with Gasteiger partial charge in [-0.05, 0) is 32.0 Å². The molecule has 0 aliphatic rings. The van der Waals surface area contributed by atoms with Crippen LogP contribution in [-0.4, -0.2) is 13.6 Å². The lowest BCUT2D eigenvalue weighted by Crippen LogP contribution is -2.24. The van der Waals surface area contributed by atoms with Gasteiger partial charge in [-0.1, -0.05) is 5.16 Å². The number of hydrogen-bond donors (Lipinski definition) is 2. The highest BCUT2D eigenvalue weighted by Crippen LogP contribution is 2.20. The molecule has 1 aromatic carbocycles. The number of rotatable bonds is 4. The first-order chi connectivity index (χ1) is 9.31. The summed E-state index contributed by atoms with van der Waals surface area (Å²) in [5.41, 5.74) is 6.79. The minimum Gasteiger partial charge on any atom is -0.398 e. The lowest BCUT2D eigenvalue weighted by atomic mass is 10.2.